The van der Waals surface area contributed by atoms with Crippen molar-refractivity contribution in [1.82, 2.24) is 5.32 Å². The standard InChI is InChI=1S/C14H19BrN2O/c1-9-2-3-10(6-9)8-17-14(18)11-4-5-12(15)13(16)7-11/h4-5,7,9-10H,2-3,6,8,16H2,1H3,(H,17,18). The van der Waals surface area contributed by atoms with Crippen LogP contribution in [0.4, 0.5) is 5.69 Å². The van der Waals surface area contributed by atoms with E-state index in [2.05, 4.69) is 28.2 Å². The number of carbonyl (C=O) groups is 1. The van der Waals surface area contributed by atoms with Crippen molar-refractivity contribution >= 4 is 27.5 Å². The molecule has 1 amide bonds. The van der Waals surface area contributed by atoms with Gasteiger partial charge in [0.15, 0.2) is 0 Å². The summed E-state index contributed by atoms with van der Waals surface area (Å²) >= 11 is 3.32. The lowest BCUT2D eigenvalue weighted by Crippen LogP contribution is -2.28. The quantitative estimate of drug-likeness (QED) is 0.842. The SMILES string of the molecule is CC1CCC(CNC(=O)c2ccc(Br)c(N)c2)C1. The first-order valence-electron chi connectivity index (χ1n) is 6.39. The Kier molecular flexibility index (Phi) is 4.27. The van der Waals surface area contributed by atoms with Crippen molar-refractivity contribution in [2.45, 2.75) is 26.2 Å². The summed E-state index contributed by atoms with van der Waals surface area (Å²) in [5, 5.41) is 3.00. The molecule has 0 radical (unpaired) electrons. The predicted octanol–water partition coefficient (Wildman–Crippen LogP) is 3.20. The Morgan fingerprint density at radius 3 is 2.89 bits per heavy atom. The normalized spacial score (nSPS) is 23.0. The van der Waals surface area contributed by atoms with Gasteiger partial charge in [0.05, 0.1) is 0 Å². The Hall–Kier alpha value is -1.03. The van der Waals surface area contributed by atoms with E-state index in [1.165, 1.54) is 19.3 Å². The fraction of sp³-hybridized carbons (Fsp3) is 0.500. The highest BCUT2D eigenvalue weighted by molar-refractivity contribution is 9.10. The highest BCUT2D eigenvalue weighted by Gasteiger charge is 2.21. The third-order valence-electron chi connectivity index (χ3n) is 3.61. The largest absolute Gasteiger partial charge is 0.398 e. The van der Waals surface area contributed by atoms with E-state index in [4.69, 9.17) is 5.73 Å². The molecule has 1 aliphatic rings. The van der Waals surface area contributed by atoms with Crippen LogP contribution >= 0.6 is 15.9 Å². The average Bonchev–Trinajstić information content (AvgIpc) is 2.75. The van der Waals surface area contributed by atoms with Crippen LogP contribution in [-0.4, -0.2) is 12.5 Å². The second kappa shape index (κ2) is 5.74. The summed E-state index contributed by atoms with van der Waals surface area (Å²) in [5.74, 6) is 1.40. The van der Waals surface area contributed by atoms with Gasteiger partial charge < -0.3 is 11.1 Å². The van der Waals surface area contributed by atoms with Crippen LogP contribution < -0.4 is 11.1 Å². The van der Waals surface area contributed by atoms with Gasteiger partial charge in [0.2, 0.25) is 0 Å². The molecule has 1 saturated carbocycles. The van der Waals surface area contributed by atoms with E-state index in [-0.39, 0.29) is 5.91 Å². The molecule has 1 fully saturated rings. The van der Waals surface area contributed by atoms with Gasteiger partial charge in [-0.25, -0.2) is 0 Å². The van der Waals surface area contributed by atoms with E-state index in [0.29, 0.717) is 17.2 Å². The lowest BCUT2D eigenvalue weighted by atomic mass is 10.1. The van der Waals surface area contributed by atoms with E-state index in [0.717, 1.165) is 16.9 Å². The third kappa shape index (κ3) is 3.25. The number of rotatable bonds is 3. The van der Waals surface area contributed by atoms with Crippen LogP contribution in [0, 0.1) is 11.8 Å². The monoisotopic (exact) mass is 310 g/mol. The van der Waals surface area contributed by atoms with Crippen molar-refractivity contribution in [2.75, 3.05) is 12.3 Å². The van der Waals surface area contributed by atoms with Crippen LogP contribution in [0.5, 0.6) is 0 Å². The number of amides is 1. The molecule has 2 rings (SSSR count). The minimum atomic E-state index is -0.0336. The summed E-state index contributed by atoms with van der Waals surface area (Å²) in [5.41, 5.74) is 6.99. The summed E-state index contributed by atoms with van der Waals surface area (Å²) in [4.78, 5) is 12.0. The summed E-state index contributed by atoms with van der Waals surface area (Å²) in [6.07, 6.45) is 3.73. The number of nitrogens with one attached hydrogen (secondary N) is 1. The van der Waals surface area contributed by atoms with E-state index in [9.17, 15) is 4.79 Å². The molecule has 1 aromatic carbocycles. The summed E-state index contributed by atoms with van der Waals surface area (Å²) in [6, 6.07) is 5.30. The maximum absolute atomic E-state index is 12.0. The molecule has 0 aliphatic heterocycles. The van der Waals surface area contributed by atoms with Gasteiger partial charge in [-0.2, -0.15) is 0 Å². The highest BCUT2D eigenvalue weighted by Crippen LogP contribution is 2.29. The van der Waals surface area contributed by atoms with Gasteiger partial charge in [-0.15, -0.1) is 0 Å². The second-order valence-electron chi connectivity index (χ2n) is 5.23. The molecule has 0 heterocycles. The minimum Gasteiger partial charge on any atom is -0.398 e. The van der Waals surface area contributed by atoms with Crippen LogP contribution in [0.25, 0.3) is 0 Å². The smallest absolute Gasteiger partial charge is 0.251 e. The van der Waals surface area contributed by atoms with Crippen molar-refractivity contribution < 1.29 is 4.79 Å². The maximum Gasteiger partial charge on any atom is 0.251 e. The van der Waals surface area contributed by atoms with Crippen LogP contribution in [-0.2, 0) is 0 Å². The fourth-order valence-electron chi connectivity index (χ4n) is 2.53. The number of hydrogen-bond acceptors (Lipinski definition) is 2. The lowest BCUT2D eigenvalue weighted by Gasteiger charge is -2.11. The van der Waals surface area contributed by atoms with Crippen molar-refractivity contribution in [3.05, 3.63) is 28.2 Å². The molecule has 0 saturated heterocycles. The Balaban J connectivity index is 1.89. The van der Waals surface area contributed by atoms with Gasteiger partial charge in [-0.3, -0.25) is 4.79 Å². The number of nitrogens with two attached hydrogens (primary N) is 1. The molecule has 1 aromatic rings. The van der Waals surface area contributed by atoms with Gasteiger partial charge in [0, 0.05) is 22.3 Å². The zero-order valence-electron chi connectivity index (χ0n) is 10.6. The molecule has 4 heteroatoms. The summed E-state index contributed by atoms with van der Waals surface area (Å²) in [6.45, 7) is 3.05. The molecule has 2 unspecified atom stereocenters. The first kappa shape index (κ1) is 13.4. The Morgan fingerprint density at radius 2 is 2.28 bits per heavy atom. The maximum atomic E-state index is 12.0. The van der Waals surface area contributed by atoms with E-state index < -0.39 is 0 Å². The van der Waals surface area contributed by atoms with E-state index in [1.807, 2.05) is 6.07 Å². The molecule has 2 atom stereocenters. The Labute approximate surface area is 116 Å². The minimum absolute atomic E-state index is 0.0336. The van der Waals surface area contributed by atoms with Gasteiger partial charge in [-0.1, -0.05) is 13.3 Å². The van der Waals surface area contributed by atoms with Crippen LogP contribution in [0.15, 0.2) is 22.7 Å². The molecular weight excluding hydrogens is 292 g/mol. The second-order valence-corrected chi connectivity index (χ2v) is 6.08. The van der Waals surface area contributed by atoms with Crippen molar-refractivity contribution in [3.8, 4) is 0 Å². The number of anilines is 1. The molecule has 0 bridgehead atoms. The van der Waals surface area contributed by atoms with Crippen molar-refractivity contribution in [1.29, 1.82) is 0 Å². The molecule has 18 heavy (non-hydrogen) atoms. The average molecular weight is 311 g/mol. The number of hydrogen-bond donors (Lipinski definition) is 2. The molecule has 3 nitrogen and oxygen atoms in total. The van der Waals surface area contributed by atoms with Crippen LogP contribution in [0.2, 0.25) is 0 Å². The fourth-order valence-corrected chi connectivity index (χ4v) is 2.78. The first-order valence-corrected chi connectivity index (χ1v) is 7.18. The zero-order chi connectivity index (χ0) is 13.1. The topological polar surface area (TPSA) is 55.1 Å². The number of nitrogen functional groups attached to an aromatic ring is 1. The lowest BCUT2D eigenvalue weighted by molar-refractivity contribution is 0.0947. The molecular formula is C14H19BrN2O. The number of halogens is 1. The summed E-state index contributed by atoms with van der Waals surface area (Å²) in [7, 11) is 0. The van der Waals surface area contributed by atoms with Gasteiger partial charge >= 0.3 is 0 Å². The first-order chi connectivity index (χ1) is 8.56. The van der Waals surface area contributed by atoms with Crippen molar-refractivity contribution in [2.24, 2.45) is 11.8 Å². The van der Waals surface area contributed by atoms with Crippen LogP contribution in [0.1, 0.15) is 36.5 Å². The predicted molar refractivity (Wildman–Crippen MR) is 77.4 cm³/mol. The third-order valence-corrected chi connectivity index (χ3v) is 4.34. The molecule has 3 N–H and O–H groups in total. The van der Waals surface area contributed by atoms with Crippen LogP contribution in [0.3, 0.4) is 0 Å². The van der Waals surface area contributed by atoms with E-state index >= 15 is 0 Å². The highest BCUT2D eigenvalue weighted by atomic mass is 79.9. The molecule has 98 valence electrons. The molecule has 1 aliphatic carbocycles. The van der Waals surface area contributed by atoms with Gasteiger partial charge in [0.1, 0.15) is 0 Å². The number of benzene rings is 1. The molecule has 0 aromatic heterocycles. The molecule has 0 spiro atoms. The zero-order valence-corrected chi connectivity index (χ0v) is 12.2. The number of carbonyl (C=O) groups excluding carboxylic acids is 1. The Morgan fingerprint density at radius 1 is 1.50 bits per heavy atom. The summed E-state index contributed by atoms with van der Waals surface area (Å²) < 4.78 is 0.823. The van der Waals surface area contributed by atoms with Gasteiger partial charge in [0.25, 0.3) is 5.91 Å². The van der Waals surface area contributed by atoms with E-state index in [1.54, 1.807) is 12.1 Å². The Bertz CT molecular complexity index is 447. The van der Waals surface area contributed by atoms with Crippen molar-refractivity contribution in [3.63, 3.8) is 0 Å². The van der Waals surface area contributed by atoms with Gasteiger partial charge in [-0.05, 0) is 58.8 Å².